The minimum atomic E-state index is -0.709. The van der Waals surface area contributed by atoms with Gasteiger partial charge in [-0.3, -0.25) is 4.79 Å². The van der Waals surface area contributed by atoms with Crippen molar-refractivity contribution < 1.29 is 14.3 Å². The van der Waals surface area contributed by atoms with Crippen LogP contribution in [0.4, 0.5) is 4.79 Å². The minimum absolute atomic E-state index is 0.114. The van der Waals surface area contributed by atoms with Gasteiger partial charge in [-0.15, -0.1) is 0 Å². The molecule has 0 saturated carbocycles. The van der Waals surface area contributed by atoms with E-state index in [0.29, 0.717) is 19.5 Å². The van der Waals surface area contributed by atoms with Crippen molar-refractivity contribution in [2.75, 3.05) is 0 Å². The van der Waals surface area contributed by atoms with Crippen molar-refractivity contribution in [3.63, 3.8) is 0 Å². The van der Waals surface area contributed by atoms with Gasteiger partial charge in [0.15, 0.2) is 0 Å². The van der Waals surface area contributed by atoms with Crippen LogP contribution in [0, 0.1) is 0 Å². The fourth-order valence-corrected chi connectivity index (χ4v) is 4.15. The molecule has 0 spiro atoms. The highest BCUT2D eigenvalue weighted by Crippen LogP contribution is 2.26. The number of fused-ring (bicyclic) bond motifs is 1. The van der Waals surface area contributed by atoms with Gasteiger partial charge in [0, 0.05) is 19.5 Å². The van der Waals surface area contributed by atoms with E-state index in [9.17, 15) is 9.59 Å². The van der Waals surface area contributed by atoms with Crippen LogP contribution in [0.15, 0.2) is 78.9 Å². The Bertz CT molecular complexity index is 1200. The van der Waals surface area contributed by atoms with Gasteiger partial charge in [-0.05, 0) is 54.7 Å². The molecule has 1 atom stereocenters. The lowest BCUT2D eigenvalue weighted by atomic mass is 10.0. The van der Waals surface area contributed by atoms with Gasteiger partial charge in [0.2, 0.25) is 5.91 Å². The van der Waals surface area contributed by atoms with E-state index < -0.39 is 17.7 Å². The predicted molar refractivity (Wildman–Crippen MR) is 139 cm³/mol. The summed E-state index contributed by atoms with van der Waals surface area (Å²) in [5.74, 6) is -0.114. The van der Waals surface area contributed by atoms with Crippen LogP contribution in [0.5, 0.6) is 0 Å². The van der Waals surface area contributed by atoms with E-state index in [4.69, 9.17) is 4.74 Å². The highest BCUT2D eigenvalue weighted by Gasteiger charge is 2.31. The molecule has 3 aromatic rings. The number of hydrogen-bond donors (Lipinski definition) is 1. The summed E-state index contributed by atoms with van der Waals surface area (Å²) in [5, 5.41) is 2.81. The average Bonchev–Trinajstić information content (AvgIpc) is 3.25. The Kier molecular flexibility index (Phi) is 7.35. The molecule has 0 unspecified atom stereocenters. The van der Waals surface area contributed by atoms with Crippen LogP contribution in [-0.4, -0.2) is 28.5 Å². The molecule has 0 saturated heterocycles. The number of nitrogens with one attached hydrogen (secondary N) is 1. The maximum Gasteiger partial charge on any atom is 0.408 e. The highest BCUT2D eigenvalue weighted by atomic mass is 16.6. The van der Waals surface area contributed by atoms with Crippen LogP contribution in [-0.2, 0) is 29.0 Å². The first-order valence-corrected chi connectivity index (χ1v) is 11.9. The molecule has 0 bridgehead atoms. The van der Waals surface area contributed by atoms with Crippen LogP contribution in [0.1, 0.15) is 48.6 Å². The van der Waals surface area contributed by atoms with E-state index in [0.717, 1.165) is 27.8 Å². The highest BCUT2D eigenvalue weighted by molar-refractivity contribution is 5.86. The standard InChI is InChI=1S/C30H32N2O3/c1-30(2,3)35-29(34)31-27(19-23-12-8-5-9-13-23)28(33)32-20-25-17-16-24(18-26(25)21-32)15-14-22-10-6-4-7-11-22/h4-18,27H,19-21H2,1-3H3,(H,31,34)/t27-/m1/s1. The van der Waals surface area contributed by atoms with Gasteiger partial charge in [0.25, 0.3) is 0 Å². The molecule has 1 N–H and O–H groups in total. The SMILES string of the molecule is CC(C)(C)OC(=O)N[C@H](Cc1ccccc1)C(=O)N1Cc2ccc(C=Cc3ccccc3)cc2C1. The van der Waals surface area contributed by atoms with Crippen molar-refractivity contribution in [3.05, 3.63) is 107 Å². The molecule has 0 fully saturated rings. The molecule has 0 aromatic heterocycles. The first kappa shape index (κ1) is 24.3. The Morgan fingerprint density at radius 1 is 0.886 bits per heavy atom. The zero-order valence-corrected chi connectivity index (χ0v) is 20.5. The van der Waals surface area contributed by atoms with Crippen molar-refractivity contribution in [2.45, 2.75) is 51.9 Å². The van der Waals surface area contributed by atoms with E-state index in [-0.39, 0.29) is 5.91 Å². The van der Waals surface area contributed by atoms with Crippen molar-refractivity contribution >= 4 is 24.2 Å². The normalized spacial score (nSPS) is 14.0. The molecule has 2 amide bonds. The van der Waals surface area contributed by atoms with E-state index >= 15 is 0 Å². The van der Waals surface area contributed by atoms with Crippen LogP contribution in [0.2, 0.25) is 0 Å². The molecule has 1 aliphatic rings. The smallest absolute Gasteiger partial charge is 0.408 e. The molecule has 0 radical (unpaired) electrons. The first-order valence-electron chi connectivity index (χ1n) is 11.9. The van der Waals surface area contributed by atoms with Crippen molar-refractivity contribution in [1.29, 1.82) is 0 Å². The number of benzene rings is 3. The number of alkyl carbamates (subject to hydrolysis) is 1. The maximum atomic E-state index is 13.6. The molecule has 35 heavy (non-hydrogen) atoms. The second kappa shape index (κ2) is 10.6. The third-order valence-electron chi connectivity index (χ3n) is 5.80. The summed E-state index contributed by atoms with van der Waals surface area (Å²) in [4.78, 5) is 27.9. The molecule has 1 aliphatic heterocycles. The van der Waals surface area contributed by atoms with Gasteiger partial charge in [-0.1, -0.05) is 84.9 Å². The van der Waals surface area contributed by atoms with Gasteiger partial charge < -0.3 is 15.0 Å². The third-order valence-corrected chi connectivity index (χ3v) is 5.80. The van der Waals surface area contributed by atoms with E-state index in [1.54, 1.807) is 4.90 Å². The lowest BCUT2D eigenvalue weighted by Gasteiger charge is -2.26. The Morgan fingerprint density at radius 2 is 1.51 bits per heavy atom. The van der Waals surface area contributed by atoms with Crippen LogP contribution in [0.25, 0.3) is 12.2 Å². The fourth-order valence-electron chi connectivity index (χ4n) is 4.15. The number of rotatable bonds is 6. The number of nitrogens with zero attached hydrogens (tertiary/aromatic N) is 1. The number of ether oxygens (including phenoxy) is 1. The Morgan fingerprint density at radius 3 is 2.20 bits per heavy atom. The van der Waals surface area contributed by atoms with E-state index in [2.05, 4.69) is 47.8 Å². The van der Waals surface area contributed by atoms with Gasteiger partial charge in [-0.2, -0.15) is 0 Å². The molecule has 3 aromatic carbocycles. The molecule has 5 heteroatoms. The van der Waals surface area contributed by atoms with Crippen LogP contribution >= 0.6 is 0 Å². The molecule has 5 nitrogen and oxygen atoms in total. The lowest BCUT2D eigenvalue weighted by molar-refractivity contribution is -0.134. The Balaban J connectivity index is 1.47. The van der Waals surface area contributed by atoms with Crippen LogP contribution in [0.3, 0.4) is 0 Å². The van der Waals surface area contributed by atoms with E-state index in [1.165, 1.54) is 0 Å². The molecular weight excluding hydrogens is 436 g/mol. The summed E-state index contributed by atoms with van der Waals surface area (Å²) in [6.07, 6.45) is 3.98. The summed E-state index contributed by atoms with van der Waals surface area (Å²) in [6, 6.07) is 25.5. The Hall–Kier alpha value is -3.86. The molecule has 0 aliphatic carbocycles. The summed E-state index contributed by atoms with van der Waals surface area (Å²) >= 11 is 0. The molecular formula is C30H32N2O3. The number of hydrogen-bond acceptors (Lipinski definition) is 3. The quantitative estimate of drug-likeness (QED) is 0.463. The van der Waals surface area contributed by atoms with Crippen molar-refractivity contribution in [3.8, 4) is 0 Å². The van der Waals surface area contributed by atoms with Gasteiger partial charge in [0.05, 0.1) is 0 Å². The zero-order valence-electron chi connectivity index (χ0n) is 20.5. The molecule has 4 rings (SSSR count). The van der Waals surface area contributed by atoms with Crippen molar-refractivity contribution in [1.82, 2.24) is 10.2 Å². The second-order valence-corrected chi connectivity index (χ2v) is 9.86. The van der Waals surface area contributed by atoms with Gasteiger partial charge >= 0.3 is 6.09 Å². The summed E-state index contributed by atoms with van der Waals surface area (Å²) < 4.78 is 5.43. The summed E-state index contributed by atoms with van der Waals surface area (Å²) in [5.41, 5.74) is 4.83. The fraction of sp³-hybridized carbons (Fsp3) is 0.267. The molecule has 180 valence electrons. The number of amides is 2. The predicted octanol–water partition coefficient (Wildman–Crippen LogP) is 5.84. The zero-order chi connectivity index (χ0) is 24.8. The van der Waals surface area contributed by atoms with Gasteiger partial charge in [-0.25, -0.2) is 4.79 Å². The topological polar surface area (TPSA) is 58.6 Å². The largest absolute Gasteiger partial charge is 0.444 e. The number of carbonyl (C=O) groups is 2. The lowest BCUT2D eigenvalue weighted by Crippen LogP contribution is -2.49. The minimum Gasteiger partial charge on any atom is -0.444 e. The van der Waals surface area contributed by atoms with Crippen LogP contribution < -0.4 is 5.32 Å². The summed E-state index contributed by atoms with van der Waals surface area (Å²) in [7, 11) is 0. The first-order chi connectivity index (χ1) is 16.8. The maximum absolute atomic E-state index is 13.6. The van der Waals surface area contributed by atoms with E-state index in [1.807, 2.05) is 69.3 Å². The third kappa shape index (κ3) is 6.82. The van der Waals surface area contributed by atoms with Crippen molar-refractivity contribution in [2.24, 2.45) is 0 Å². The second-order valence-electron chi connectivity index (χ2n) is 9.86. The monoisotopic (exact) mass is 468 g/mol. The Labute approximate surface area is 207 Å². The summed E-state index contributed by atoms with van der Waals surface area (Å²) in [6.45, 7) is 6.46. The average molecular weight is 469 g/mol. The van der Waals surface area contributed by atoms with Gasteiger partial charge in [0.1, 0.15) is 11.6 Å². The molecule has 1 heterocycles. The number of carbonyl (C=O) groups excluding carboxylic acids is 2.